The van der Waals surface area contributed by atoms with Crippen molar-refractivity contribution in [2.45, 2.75) is 0 Å². The molecule has 0 radical (unpaired) electrons. The van der Waals surface area contributed by atoms with Crippen LogP contribution in [0.25, 0.3) is 11.3 Å². The minimum Gasteiger partial charge on any atom is -0.505 e. The van der Waals surface area contributed by atoms with E-state index in [1.165, 1.54) is 0 Å². The van der Waals surface area contributed by atoms with E-state index >= 15 is 0 Å². The summed E-state index contributed by atoms with van der Waals surface area (Å²) in [5.74, 6) is -6.04. The molecular weight excluding hydrogens is 263 g/mol. The summed E-state index contributed by atoms with van der Waals surface area (Å²) in [7, 11) is 0. The van der Waals surface area contributed by atoms with Crippen LogP contribution in [-0.4, -0.2) is 21.2 Å². The Bertz CT molecular complexity index is 674. The highest BCUT2D eigenvalue weighted by Crippen LogP contribution is 2.31. The van der Waals surface area contributed by atoms with Crippen molar-refractivity contribution in [1.29, 1.82) is 0 Å². The highest BCUT2D eigenvalue weighted by Gasteiger charge is 2.21. The minimum absolute atomic E-state index is 0.571. The molecule has 0 unspecified atom stereocenters. The molecule has 1 aromatic heterocycles. The van der Waals surface area contributed by atoms with Crippen LogP contribution in [0.1, 0.15) is 10.5 Å². The van der Waals surface area contributed by atoms with E-state index in [1.807, 2.05) is 0 Å². The van der Waals surface area contributed by atoms with E-state index in [0.717, 1.165) is 24.3 Å². The molecule has 1 heterocycles. The number of aromatic carboxylic acids is 1. The van der Waals surface area contributed by atoms with Gasteiger partial charge >= 0.3 is 5.97 Å². The topological polar surface area (TPSA) is 70.4 Å². The maximum atomic E-state index is 13.6. The smallest absolute Gasteiger partial charge is 0.354 e. The molecule has 0 amide bonds. The van der Waals surface area contributed by atoms with E-state index in [2.05, 4.69) is 4.98 Å². The molecule has 7 heteroatoms. The molecule has 2 aromatic rings. The molecular formula is C12H6F3NO3. The summed E-state index contributed by atoms with van der Waals surface area (Å²) in [6.07, 6.45) is 0. The monoisotopic (exact) mass is 269 g/mol. The summed E-state index contributed by atoms with van der Waals surface area (Å²) in [6, 6.07) is 3.07. The number of phenolic OH excluding ortho intramolecular Hbond substituents is 1. The van der Waals surface area contributed by atoms with Crippen molar-refractivity contribution in [3.8, 4) is 17.0 Å². The van der Waals surface area contributed by atoms with Crippen LogP contribution in [0.2, 0.25) is 0 Å². The lowest BCUT2D eigenvalue weighted by Gasteiger charge is -2.07. The standard InChI is InChI=1S/C12H6F3NO3/c13-5-2-4-8(17)10(15)9(5)11-6(14)1-3-7(16-11)12(18)19/h1-4,17H,(H,18,19). The number of carbonyl (C=O) groups is 1. The summed E-state index contributed by atoms with van der Waals surface area (Å²) in [5.41, 5.74) is -2.30. The molecule has 0 spiro atoms. The van der Waals surface area contributed by atoms with Crippen molar-refractivity contribution >= 4 is 5.97 Å². The summed E-state index contributed by atoms with van der Waals surface area (Å²) in [4.78, 5) is 14.0. The lowest BCUT2D eigenvalue weighted by atomic mass is 10.1. The first-order chi connectivity index (χ1) is 8.91. The molecule has 4 nitrogen and oxygen atoms in total. The number of hydrogen-bond acceptors (Lipinski definition) is 3. The van der Waals surface area contributed by atoms with E-state index in [-0.39, 0.29) is 0 Å². The predicted molar refractivity (Wildman–Crippen MR) is 58.2 cm³/mol. The normalized spacial score (nSPS) is 10.5. The van der Waals surface area contributed by atoms with Gasteiger partial charge in [0.2, 0.25) is 0 Å². The van der Waals surface area contributed by atoms with Crippen molar-refractivity contribution < 1.29 is 28.2 Å². The Labute approximate surface area is 104 Å². The molecule has 0 bridgehead atoms. The van der Waals surface area contributed by atoms with Crippen molar-refractivity contribution in [3.63, 3.8) is 0 Å². The molecule has 19 heavy (non-hydrogen) atoms. The third-order valence-electron chi connectivity index (χ3n) is 2.37. The zero-order chi connectivity index (χ0) is 14.2. The Morgan fingerprint density at radius 2 is 1.68 bits per heavy atom. The lowest BCUT2D eigenvalue weighted by molar-refractivity contribution is 0.0690. The summed E-state index contributed by atoms with van der Waals surface area (Å²) < 4.78 is 40.7. The number of aromatic nitrogens is 1. The quantitative estimate of drug-likeness (QED) is 0.879. The van der Waals surface area contributed by atoms with E-state index in [4.69, 9.17) is 10.2 Å². The van der Waals surface area contributed by atoms with Crippen molar-refractivity contribution in [2.75, 3.05) is 0 Å². The van der Waals surface area contributed by atoms with Gasteiger partial charge in [-0.2, -0.15) is 0 Å². The Kier molecular flexibility index (Phi) is 3.12. The number of benzene rings is 1. The number of nitrogens with zero attached hydrogens (tertiary/aromatic N) is 1. The Morgan fingerprint density at radius 1 is 1.05 bits per heavy atom. The average Bonchev–Trinajstić information content (AvgIpc) is 2.36. The van der Waals surface area contributed by atoms with E-state index in [0.29, 0.717) is 0 Å². The van der Waals surface area contributed by atoms with Crippen molar-refractivity contribution in [3.05, 3.63) is 47.4 Å². The molecule has 1 aromatic carbocycles. The number of pyridine rings is 1. The Hall–Kier alpha value is -2.57. The molecule has 0 aliphatic rings. The van der Waals surface area contributed by atoms with Gasteiger partial charge in [-0.05, 0) is 24.3 Å². The van der Waals surface area contributed by atoms with Crippen LogP contribution in [0.15, 0.2) is 24.3 Å². The van der Waals surface area contributed by atoms with Crippen LogP contribution in [0.3, 0.4) is 0 Å². The SMILES string of the molecule is O=C(O)c1ccc(F)c(-c2c(F)ccc(O)c2F)n1. The Balaban J connectivity index is 2.75. The van der Waals surface area contributed by atoms with Crippen molar-refractivity contribution in [1.82, 2.24) is 4.98 Å². The van der Waals surface area contributed by atoms with Gasteiger partial charge in [-0.15, -0.1) is 0 Å². The number of aromatic hydroxyl groups is 1. The first-order valence-electron chi connectivity index (χ1n) is 4.99. The van der Waals surface area contributed by atoms with Crippen LogP contribution in [0.5, 0.6) is 5.75 Å². The van der Waals surface area contributed by atoms with E-state index < -0.39 is 46.1 Å². The van der Waals surface area contributed by atoms with Crippen LogP contribution < -0.4 is 0 Å². The fraction of sp³-hybridized carbons (Fsp3) is 0. The number of carboxylic acid groups (broad SMARTS) is 1. The van der Waals surface area contributed by atoms with Gasteiger partial charge in [-0.25, -0.2) is 22.9 Å². The van der Waals surface area contributed by atoms with E-state index in [1.54, 1.807) is 0 Å². The second-order valence-corrected chi connectivity index (χ2v) is 3.59. The van der Waals surface area contributed by atoms with Crippen LogP contribution in [-0.2, 0) is 0 Å². The number of carboxylic acids is 1. The van der Waals surface area contributed by atoms with Gasteiger partial charge in [0.25, 0.3) is 0 Å². The average molecular weight is 269 g/mol. The van der Waals surface area contributed by atoms with Gasteiger partial charge in [0.15, 0.2) is 11.6 Å². The van der Waals surface area contributed by atoms with Gasteiger partial charge < -0.3 is 10.2 Å². The zero-order valence-corrected chi connectivity index (χ0v) is 9.19. The molecule has 98 valence electrons. The molecule has 0 aliphatic heterocycles. The van der Waals surface area contributed by atoms with Gasteiger partial charge in [0.05, 0.1) is 5.56 Å². The largest absolute Gasteiger partial charge is 0.505 e. The molecule has 0 saturated carbocycles. The van der Waals surface area contributed by atoms with Crippen molar-refractivity contribution in [2.24, 2.45) is 0 Å². The molecule has 2 N–H and O–H groups in total. The number of phenols is 1. The first kappa shape index (κ1) is 12.9. The van der Waals surface area contributed by atoms with Crippen LogP contribution in [0.4, 0.5) is 13.2 Å². The highest BCUT2D eigenvalue weighted by atomic mass is 19.1. The predicted octanol–water partition coefficient (Wildman–Crippen LogP) is 2.57. The van der Waals surface area contributed by atoms with Gasteiger partial charge in [0.1, 0.15) is 23.0 Å². The second kappa shape index (κ2) is 4.60. The molecule has 0 aliphatic carbocycles. The number of rotatable bonds is 2. The summed E-state index contributed by atoms with van der Waals surface area (Å²) >= 11 is 0. The molecule has 2 rings (SSSR count). The lowest BCUT2D eigenvalue weighted by Crippen LogP contribution is -2.04. The highest BCUT2D eigenvalue weighted by molar-refractivity contribution is 5.86. The van der Waals surface area contributed by atoms with Gasteiger partial charge in [-0.1, -0.05) is 0 Å². The fourth-order valence-corrected chi connectivity index (χ4v) is 1.50. The number of halogens is 3. The molecule has 0 atom stereocenters. The summed E-state index contributed by atoms with van der Waals surface area (Å²) in [6.45, 7) is 0. The third-order valence-corrected chi connectivity index (χ3v) is 2.37. The Morgan fingerprint density at radius 3 is 2.32 bits per heavy atom. The van der Waals surface area contributed by atoms with E-state index in [9.17, 15) is 18.0 Å². The number of hydrogen-bond donors (Lipinski definition) is 2. The zero-order valence-electron chi connectivity index (χ0n) is 9.19. The minimum atomic E-state index is -1.47. The first-order valence-corrected chi connectivity index (χ1v) is 4.99. The third kappa shape index (κ3) is 2.22. The maximum absolute atomic E-state index is 13.6. The van der Waals surface area contributed by atoms with Gasteiger partial charge in [-0.3, -0.25) is 0 Å². The van der Waals surface area contributed by atoms with Crippen LogP contribution >= 0.6 is 0 Å². The fourth-order valence-electron chi connectivity index (χ4n) is 1.50. The second-order valence-electron chi connectivity index (χ2n) is 3.59. The van der Waals surface area contributed by atoms with Crippen LogP contribution in [0, 0.1) is 17.5 Å². The molecule has 0 saturated heterocycles. The summed E-state index contributed by atoms with van der Waals surface area (Å²) in [5, 5.41) is 17.9. The molecule has 0 fully saturated rings. The van der Waals surface area contributed by atoms with Gasteiger partial charge in [0, 0.05) is 0 Å². The maximum Gasteiger partial charge on any atom is 0.354 e.